The predicted octanol–water partition coefficient (Wildman–Crippen LogP) is 11.7. The van der Waals surface area contributed by atoms with Crippen LogP contribution in [0.3, 0.4) is 0 Å². The van der Waals surface area contributed by atoms with Crippen LogP contribution in [0.25, 0.3) is 0 Å². The number of aryl methyl sites for hydroxylation is 4. The summed E-state index contributed by atoms with van der Waals surface area (Å²) in [4.78, 5) is 66.4. The van der Waals surface area contributed by atoms with E-state index < -0.39 is 0 Å². The Morgan fingerprint density at radius 2 is 0.961 bits per heavy atom. The lowest BCUT2D eigenvalue weighted by atomic mass is 9.94. The van der Waals surface area contributed by atoms with E-state index >= 15 is 0 Å². The highest BCUT2D eigenvalue weighted by molar-refractivity contribution is 6.01. The van der Waals surface area contributed by atoms with Crippen LogP contribution < -0.4 is 0 Å². The molecule has 0 aromatic heterocycles. The van der Waals surface area contributed by atoms with Crippen LogP contribution >= 0.6 is 0 Å². The van der Waals surface area contributed by atoms with E-state index in [4.69, 9.17) is 28.6 Å². The molecule has 4 heterocycles. The number of ether oxygens (including phenoxy) is 4. The molecule has 4 aliphatic heterocycles. The van der Waals surface area contributed by atoms with Gasteiger partial charge in [-0.15, -0.1) is 0 Å². The van der Waals surface area contributed by atoms with Crippen molar-refractivity contribution in [3.05, 3.63) is 117 Å². The molecule has 416 valence electrons. The minimum atomic E-state index is -0.337. The van der Waals surface area contributed by atoms with E-state index in [1.54, 1.807) is 0 Å². The van der Waals surface area contributed by atoms with Crippen molar-refractivity contribution in [2.24, 2.45) is 10.3 Å². The van der Waals surface area contributed by atoms with Gasteiger partial charge in [0.2, 0.25) is 0 Å². The molecule has 0 radical (unpaired) electrons. The van der Waals surface area contributed by atoms with Crippen molar-refractivity contribution in [3.8, 4) is 0 Å². The second-order valence-corrected chi connectivity index (χ2v) is 20.7. The van der Waals surface area contributed by atoms with Gasteiger partial charge in [0.05, 0.1) is 34.8 Å². The van der Waals surface area contributed by atoms with E-state index in [2.05, 4.69) is 24.2 Å². The lowest BCUT2D eigenvalue weighted by Gasteiger charge is -2.26. The monoisotopic (exact) mass is 1050 g/mol. The lowest BCUT2D eigenvalue weighted by Crippen LogP contribution is -2.37. The van der Waals surface area contributed by atoms with Gasteiger partial charge in [0.1, 0.15) is 12.2 Å². The number of amides is 2. The van der Waals surface area contributed by atoms with E-state index in [1.807, 2.05) is 124 Å². The van der Waals surface area contributed by atoms with E-state index in [1.165, 1.54) is 0 Å². The molecule has 4 atom stereocenters. The van der Waals surface area contributed by atoms with Crippen LogP contribution in [0, 0.1) is 27.7 Å². The van der Waals surface area contributed by atoms with Crippen molar-refractivity contribution in [3.63, 3.8) is 0 Å². The van der Waals surface area contributed by atoms with Gasteiger partial charge in [0.15, 0.2) is 13.2 Å². The lowest BCUT2D eigenvalue weighted by molar-refractivity contribution is -0.137. The first-order chi connectivity index (χ1) is 36.7. The SMILES string of the molecule is CCCCOC1C=CC[C@@H](C)OC(=O)c2c(C)cc(C)cc2CC(=N/OCC(=O)N2CCCCC2)/C=C/C1.CCCCOC1C=CC[C@@H](C)OC(=O)c2c(C)cc(C)cc2CC(=N\OCC(=O)N2CCCCC2)/C=C/C1. The molecule has 4 aliphatic rings. The first-order valence-electron chi connectivity index (χ1n) is 28.2. The molecule has 6 rings (SSSR count). The number of rotatable bonds is 14. The zero-order chi connectivity index (χ0) is 54.7. The number of carbonyl (C=O) groups excluding carboxylic acids is 4. The molecule has 14 nitrogen and oxygen atoms in total. The van der Waals surface area contributed by atoms with Gasteiger partial charge in [0, 0.05) is 65.1 Å². The molecule has 0 N–H and O–H groups in total. The minimum Gasteiger partial charge on any atom is -0.459 e. The maximum absolute atomic E-state index is 13.2. The normalized spacial score (nSPS) is 22.9. The van der Waals surface area contributed by atoms with E-state index in [0.29, 0.717) is 74.3 Å². The summed E-state index contributed by atoms with van der Waals surface area (Å²) in [6, 6.07) is 7.98. The third kappa shape index (κ3) is 21.3. The molecule has 2 amide bonds. The third-order valence-electron chi connectivity index (χ3n) is 13.7. The predicted molar refractivity (Wildman–Crippen MR) is 301 cm³/mol. The van der Waals surface area contributed by atoms with Gasteiger partial charge in [0.25, 0.3) is 11.8 Å². The molecule has 2 saturated heterocycles. The molecular formula is C62H88N4O10. The summed E-state index contributed by atoms with van der Waals surface area (Å²) in [5, 5.41) is 8.72. The summed E-state index contributed by atoms with van der Waals surface area (Å²) >= 11 is 0. The van der Waals surface area contributed by atoms with Gasteiger partial charge in [-0.3, -0.25) is 9.59 Å². The second kappa shape index (κ2) is 33.3. The van der Waals surface area contributed by atoms with Crippen LogP contribution in [0.1, 0.15) is 172 Å². The molecular weight excluding hydrogens is 961 g/mol. The van der Waals surface area contributed by atoms with Crippen LogP contribution in [0.15, 0.2) is 83.2 Å². The Hall–Kier alpha value is -5.86. The summed E-state index contributed by atoms with van der Waals surface area (Å²) in [5.41, 5.74) is 7.91. The summed E-state index contributed by atoms with van der Waals surface area (Å²) in [7, 11) is 0. The number of cyclic esters (lactones) is 2. The number of oxime groups is 2. The van der Waals surface area contributed by atoms with Crippen LogP contribution in [0.5, 0.6) is 0 Å². The van der Waals surface area contributed by atoms with Crippen LogP contribution in [0.4, 0.5) is 0 Å². The summed E-state index contributed by atoms with van der Waals surface area (Å²) in [6.07, 6.45) is 29.3. The molecule has 2 aromatic rings. The number of hydrogen-bond acceptors (Lipinski definition) is 12. The van der Waals surface area contributed by atoms with E-state index in [0.717, 1.165) is 124 Å². The fourth-order valence-corrected chi connectivity index (χ4v) is 9.68. The number of allylic oxidation sites excluding steroid dienone is 2. The summed E-state index contributed by atoms with van der Waals surface area (Å²) in [6.45, 7) is 20.3. The highest BCUT2D eigenvalue weighted by Crippen LogP contribution is 2.24. The topological polar surface area (TPSA) is 155 Å². The molecule has 2 aromatic carbocycles. The number of likely N-dealkylation sites (tertiary alicyclic amines) is 2. The zero-order valence-electron chi connectivity index (χ0n) is 47.1. The zero-order valence-corrected chi connectivity index (χ0v) is 47.1. The van der Waals surface area contributed by atoms with Crippen LogP contribution in [-0.4, -0.2) is 122 Å². The van der Waals surface area contributed by atoms with Gasteiger partial charge in [-0.1, -0.05) is 109 Å². The summed E-state index contributed by atoms with van der Waals surface area (Å²) < 4.78 is 23.8. The first kappa shape index (κ1) is 61.0. The van der Waals surface area contributed by atoms with Gasteiger partial charge in [-0.05, 0) is 140 Å². The highest BCUT2D eigenvalue weighted by Gasteiger charge is 2.24. The average Bonchev–Trinajstić information content (AvgIpc) is 3.38. The Morgan fingerprint density at radius 1 is 0.566 bits per heavy atom. The maximum Gasteiger partial charge on any atom is 0.338 e. The van der Waals surface area contributed by atoms with Crippen LogP contribution in [-0.2, 0) is 51.1 Å². The molecule has 0 bridgehead atoms. The standard InChI is InChI=1S/2C31H44N2O5/c2*1-5-6-18-36-28-14-10-12-25(4)38-31(35)30-24(3)19-23(2)20-26(30)21-27(13-11-15-28)32-37-22-29(34)33-16-8-7-9-17-33/h2*10-11,13-14,19-20,25,28H,5-9,12,15-18,21-22H2,1-4H3/b13-11+,14-10?,32-27+;13-11+,14-10?,32-27-/t2*25-,28?/m11/s1. The smallest absolute Gasteiger partial charge is 0.338 e. The molecule has 0 spiro atoms. The minimum absolute atomic E-state index is 0.0434. The Labute approximate surface area is 454 Å². The molecule has 76 heavy (non-hydrogen) atoms. The maximum atomic E-state index is 13.2. The fourth-order valence-electron chi connectivity index (χ4n) is 9.68. The van der Waals surface area contributed by atoms with Gasteiger partial charge < -0.3 is 38.4 Å². The number of benzene rings is 2. The number of fused-ring (bicyclic) bond motifs is 2. The number of hydrogen-bond donors (Lipinski definition) is 0. The highest BCUT2D eigenvalue weighted by atomic mass is 16.6. The number of unbranched alkanes of at least 4 members (excludes halogenated alkanes) is 2. The Bertz CT molecular complexity index is 2210. The van der Waals surface area contributed by atoms with Crippen molar-refractivity contribution < 1.29 is 47.8 Å². The Morgan fingerprint density at radius 3 is 1.34 bits per heavy atom. The van der Waals surface area contributed by atoms with Gasteiger partial charge >= 0.3 is 11.9 Å². The van der Waals surface area contributed by atoms with Crippen molar-refractivity contribution in [2.75, 3.05) is 52.6 Å². The van der Waals surface area contributed by atoms with Crippen molar-refractivity contribution in [2.45, 2.75) is 183 Å². The third-order valence-corrected chi connectivity index (χ3v) is 13.7. The second-order valence-electron chi connectivity index (χ2n) is 20.7. The van der Waals surface area contributed by atoms with Crippen molar-refractivity contribution >= 4 is 35.2 Å². The van der Waals surface area contributed by atoms with Crippen LogP contribution in [0.2, 0.25) is 0 Å². The van der Waals surface area contributed by atoms with E-state index in [9.17, 15) is 19.2 Å². The molecule has 2 fully saturated rings. The Kier molecular flexibility index (Phi) is 26.8. The van der Waals surface area contributed by atoms with Crippen molar-refractivity contribution in [1.82, 2.24) is 9.80 Å². The van der Waals surface area contributed by atoms with Crippen molar-refractivity contribution in [1.29, 1.82) is 0 Å². The quantitative estimate of drug-likeness (QED) is 0.0773. The first-order valence-corrected chi connectivity index (χ1v) is 28.2. The average molecular weight is 1050 g/mol. The van der Waals surface area contributed by atoms with E-state index in [-0.39, 0.29) is 61.4 Å². The largest absolute Gasteiger partial charge is 0.459 e. The molecule has 0 aliphatic carbocycles. The number of piperidine rings is 2. The molecule has 14 heteroatoms. The molecule has 0 saturated carbocycles. The Balaban J connectivity index is 0.000000281. The number of nitrogens with zero attached hydrogens (tertiary/aromatic N) is 4. The number of esters is 2. The molecule has 2 unspecified atom stereocenters. The van der Waals surface area contributed by atoms with Gasteiger partial charge in [-0.2, -0.15) is 0 Å². The fraction of sp³-hybridized carbons (Fsp3) is 0.581. The summed E-state index contributed by atoms with van der Waals surface area (Å²) in [5.74, 6) is -0.761. The van der Waals surface area contributed by atoms with Gasteiger partial charge in [-0.25, -0.2) is 9.59 Å². The number of carbonyl (C=O) groups is 4.